The maximum absolute atomic E-state index is 11.7. The second-order valence-electron chi connectivity index (χ2n) is 5.82. The van der Waals surface area contributed by atoms with Gasteiger partial charge in [-0.05, 0) is 45.7 Å². The van der Waals surface area contributed by atoms with Crippen molar-refractivity contribution in [2.75, 3.05) is 20.2 Å². The van der Waals surface area contributed by atoms with Crippen LogP contribution in [0.15, 0.2) is 0 Å². The molecule has 4 nitrogen and oxygen atoms in total. The number of carbonyl (C=O) groups is 1. The summed E-state index contributed by atoms with van der Waals surface area (Å²) in [6.07, 6.45) is 2.22. The van der Waals surface area contributed by atoms with Gasteiger partial charge < -0.3 is 15.0 Å². The summed E-state index contributed by atoms with van der Waals surface area (Å²) in [5.74, 6) is 0.122. The van der Waals surface area contributed by atoms with Crippen LogP contribution < -0.4 is 5.32 Å². The summed E-state index contributed by atoms with van der Waals surface area (Å²) in [6.45, 7) is 10.8. The van der Waals surface area contributed by atoms with E-state index < -0.39 is 0 Å². The molecule has 4 heteroatoms. The molecule has 1 aliphatic rings. The molecule has 0 bridgehead atoms. The van der Waals surface area contributed by atoms with Crippen LogP contribution >= 0.6 is 0 Å². The van der Waals surface area contributed by atoms with Gasteiger partial charge in [-0.2, -0.15) is 0 Å². The zero-order valence-corrected chi connectivity index (χ0v) is 12.4. The van der Waals surface area contributed by atoms with Crippen LogP contribution in [0.25, 0.3) is 0 Å². The lowest BCUT2D eigenvalue weighted by atomic mass is 9.98. The second kappa shape index (κ2) is 7.10. The van der Waals surface area contributed by atoms with Crippen molar-refractivity contribution in [1.82, 2.24) is 10.2 Å². The van der Waals surface area contributed by atoms with Gasteiger partial charge in [-0.1, -0.05) is 13.8 Å². The zero-order valence-electron chi connectivity index (χ0n) is 12.4. The van der Waals surface area contributed by atoms with E-state index in [1.807, 2.05) is 0 Å². The van der Waals surface area contributed by atoms with Crippen molar-refractivity contribution < 1.29 is 9.53 Å². The minimum atomic E-state index is -0.175. The number of nitrogens with one attached hydrogen (secondary N) is 1. The van der Waals surface area contributed by atoms with Crippen molar-refractivity contribution in [3.63, 3.8) is 0 Å². The number of likely N-dealkylation sites (tertiary alicyclic amines) is 1. The molecular formula is C14H28N2O2. The Hall–Kier alpha value is -0.610. The molecule has 0 spiro atoms. The molecule has 1 saturated heterocycles. The van der Waals surface area contributed by atoms with E-state index in [4.69, 9.17) is 4.74 Å². The fraction of sp³-hybridized carbons (Fsp3) is 0.929. The molecule has 0 aromatic rings. The Kier molecular flexibility index (Phi) is 6.09. The van der Waals surface area contributed by atoms with Crippen molar-refractivity contribution in [1.29, 1.82) is 0 Å². The van der Waals surface area contributed by atoms with E-state index in [9.17, 15) is 4.79 Å². The molecule has 1 N–H and O–H groups in total. The van der Waals surface area contributed by atoms with Crippen LogP contribution in [-0.4, -0.2) is 49.2 Å². The summed E-state index contributed by atoms with van der Waals surface area (Å²) < 4.78 is 4.86. The van der Waals surface area contributed by atoms with Gasteiger partial charge in [0.2, 0.25) is 0 Å². The van der Waals surface area contributed by atoms with E-state index in [1.54, 1.807) is 0 Å². The van der Waals surface area contributed by atoms with Crippen molar-refractivity contribution in [3.05, 3.63) is 0 Å². The largest absolute Gasteiger partial charge is 0.468 e. The third-order valence-electron chi connectivity index (χ3n) is 3.80. The highest BCUT2D eigenvalue weighted by molar-refractivity contribution is 5.75. The number of ether oxygens (including phenoxy) is 1. The van der Waals surface area contributed by atoms with Crippen LogP contribution in [0, 0.1) is 5.92 Å². The Labute approximate surface area is 111 Å². The molecule has 0 amide bonds. The topological polar surface area (TPSA) is 41.6 Å². The Morgan fingerprint density at radius 2 is 1.78 bits per heavy atom. The predicted molar refractivity (Wildman–Crippen MR) is 73.5 cm³/mol. The fourth-order valence-corrected chi connectivity index (χ4v) is 2.50. The van der Waals surface area contributed by atoms with Gasteiger partial charge in [0.1, 0.15) is 6.04 Å². The molecule has 1 aliphatic heterocycles. The zero-order chi connectivity index (χ0) is 13.7. The lowest BCUT2D eigenvalue weighted by Crippen LogP contribution is -2.51. The van der Waals surface area contributed by atoms with E-state index in [2.05, 4.69) is 37.9 Å². The molecule has 1 atom stereocenters. The molecule has 1 unspecified atom stereocenters. The molecule has 0 aromatic heterocycles. The molecule has 1 fully saturated rings. The van der Waals surface area contributed by atoms with Crippen molar-refractivity contribution >= 4 is 5.97 Å². The Balaban J connectivity index is 2.45. The Morgan fingerprint density at radius 3 is 2.17 bits per heavy atom. The van der Waals surface area contributed by atoms with Crippen LogP contribution in [-0.2, 0) is 9.53 Å². The van der Waals surface area contributed by atoms with Gasteiger partial charge in [0, 0.05) is 12.1 Å². The summed E-state index contributed by atoms with van der Waals surface area (Å²) in [7, 11) is 1.46. The van der Waals surface area contributed by atoms with Crippen LogP contribution in [0.4, 0.5) is 0 Å². The number of esters is 1. The van der Waals surface area contributed by atoms with E-state index in [0.717, 1.165) is 25.9 Å². The third-order valence-corrected chi connectivity index (χ3v) is 3.80. The fourth-order valence-electron chi connectivity index (χ4n) is 2.50. The second-order valence-corrected chi connectivity index (χ2v) is 5.82. The maximum Gasteiger partial charge on any atom is 0.323 e. The van der Waals surface area contributed by atoms with Crippen LogP contribution in [0.2, 0.25) is 0 Å². The lowest BCUT2D eigenvalue weighted by Gasteiger charge is -2.36. The normalized spacial score (nSPS) is 20.4. The minimum Gasteiger partial charge on any atom is -0.468 e. The van der Waals surface area contributed by atoms with Crippen LogP contribution in [0.5, 0.6) is 0 Å². The summed E-state index contributed by atoms with van der Waals surface area (Å²) in [5.41, 5.74) is 0. The van der Waals surface area contributed by atoms with E-state index in [-0.39, 0.29) is 17.9 Å². The summed E-state index contributed by atoms with van der Waals surface area (Å²) in [4.78, 5) is 14.2. The first-order chi connectivity index (χ1) is 8.45. The van der Waals surface area contributed by atoms with Gasteiger partial charge >= 0.3 is 5.97 Å². The molecule has 106 valence electrons. The maximum atomic E-state index is 11.7. The van der Waals surface area contributed by atoms with Gasteiger partial charge in [-0.15, -0.1) is 0 Å². The first-order valence-corrected chi connectivity index (χ1v) is 7.03. The number of hydrogen-bond acceptors (Lipinski definition) is 4. The summed E-state index contributed by atoms with van der Waals surface area (Å²) >= 11 is 0. The van der Waals surface area contributed by atoms with E-state index in [1.165, 1.54) is 7.11 Å². The highest BCUT2D eigenvalue weighted by Gasteiger charge is 2.28. The highest BCUT2D eigenvalue weighted by atomic mass is 16.5. The van der Waals surface area contributed by atoms with Gasteiger partial charge in [-0.25, -0.2) is 0 Å². The number of rotatable bonds is 5. The van der Waals surface area contributed by atoms with Gasteiger partial charge in [-0.3, -0.25) is 4.79 Å². The molecular weight excluding hydrogens is 228 g/mol. The lowest BCUT2D eigenvalue weighted by molar-refractivity contribution is -0.144. The summed E-state index contributed by atoms with van der Waals surface area (Å²) in [5, 5.41) is 3.46. The molecule has 1 heterocycles. The molecule has 1 rings (SSSR count). The Bertz CT molecular complexity index is 259. The molecule has 0 radical (unpaired) electrons. The van der Waals surface area contributed by atoms with Gasteiger partial charge in [0.05, 0.1) is 7.11 Å². The molecule has 18 heavy (non-hydrogen) atoms. The smallest absolute Gasteiger partial charge is 0.323 e. The minimum absolute atomic E-state index is 0.142. The third kappa shape index (κ3) is 4.25. The van der Waals surface area contributed by atoms with Crippen molar-refractivity contribution in [2.45, 2.75) is 58.7 Å². The number of hydrogen-bond donors (Lipinski definition) is 1. The summed E-state index contributed by atoms with van der Waals surface area (Å²) in [6, 6.07) is 0.879. The van der Waals surface area contributed by atoms with Gasteiger partial charge in [0.25, 0.3) is 0 Å². The number of methoxy groups -OCH3 is 1. The average molecular weight is 256 g/mol. The molecule has 0 saturated carbocycles. The number of carbonyl (C=O) groups excluding carboxylic acids is 1. The standard InChI is InChI=1S/C14H28N2O2/c1-10(2)13(14(17)18-5)15-12-6-8-16(9-7-12)11(3)4/h10-13,15H,6-9H2,1-5H3. The van der Waals surface area contributed by atoms with Crippen molar-refractivity contribution in [3.8, 4) is 0 Å². The molecule has 0 aromatic carbocycles. The first kappa shape index (κ1) is 15.4. The van der Waals surface area contributed by atoms with Crippen molar-refractivity contribution in [2.24, 2.45) is 5.92 Å². The number of piperidine rings is 1. The molecule has 0 aliphatic carbocycles. The van der Waals surface area contributed by atoms with E-state index >= 15 is 0 Å². The first-order valence-electron chi connectivity index (χ1n) is 7.03. The Morgan fingerprint density at radius 1 is 1.22 bits per heavy atom. The monoisotopic (exact) mass is 256 g/mol. The van der Waals surface area contributed by atoms with Gasteiger partial charge in [0.15, 0.2) is 0 Å². The van der Waals surface area contributed by atoms with Crippen LogP contribution in [0.1, 0.15) is 40.5 Å². The number of nitrogens with zero attached hydrogens (tertiary/aromatic N) is 1. The average Bonchev–Trinajstić information content (AvgIpc) is 2.35. The highest BCUT2D eigenvalue weighted by Crippen LogP contribution is 2.15. The van der Waals surface area contributed by atoms with Crippen LogP contribution in [0.3, 0.4) is 0 Å². The predicted octanol–water partition coefficient (Wildman–Crippen LogP) is 1.65. The van der Waals surface area contributed by atoms with E-state index in [0.29, 0.717) is 12.1 Å². The quantitative estimate of drug-likeness (QED) is 0.759. The SMILES string of the molecule is COC(=O)C(NC1CCN(C(C)C)CC1)C(C)C.